The standard InChI is InChI=1S/B4IO/c1-2-3-4-6-5. The molecule has 0 bridgehead atoms. The van der Waals surface area contributed by atoms with Crippen LogP contribution < -0.4 is 0 Å². The van der Waals surface area contributed by atoms with Gasteiger partial charge in [-0.2, -0.15) is 0 Å². The van der Waals surface area contributed by atoms with E-state index in [-0.39, 0.29) is 0 Å². The molecule has 0 amide bonds. The van der Waals surface area contributed by atoms with Gasteiger partial charge >= 0.3 is 53.7 Å². The molecular formula is B4IO. The molecule has 0 aromatic heterocycles. The molecule has 1 nitrogen and oxygen atoms in total. The summed E-state index contributed by atoms with van der Waals surface area (Å²) in [7, 11) is 6.41. The fourth-order valence-electron chi connectivity index (χ4n) is 0.0751. The van der Waals surface area contributed by atoms with Crippen LogP contribution in [0.15, 0.2) is 0 Å². The molecule has 0 aliphatic heterocycles. The molecule has 0 saturated heterocycles. The van der Waals surface area contributed by atoms with E-state index >= 15 is 0 Å². The quantitative estimate of drug-likeness (QED) is 0.409. The SMILES string of the molecule is [B]=BB=BOI. The molecule has 25 valence electrons. The molecule has 0 aliphatic rings. The van der Waals surface area contributed by atoms with Gasteiger partial charge in [-0.25, -0.2) is 0 Å². The third-order valence-corrected chi connectivity index (χ3v) is 0.535. The van der Waals surface area contributed by atoms with Crippen molar-refractivity contribution in [3.63, 3.8) is 0 Å². The Morgan fingerprint density at radius 1 is 1.67 bits per heavy atom. The van der Waals surface area contributed by atoms with Gasteiger partial charge in [0, 0.05) is 0 Å². The van der Waals surface area contributed by atoms with Crippen LogP contribution in [0.3, 0.4) is 0 Å². The van der Waals surface area contributed by atoms with E-state index in [0.717, 1.165) is 0 Å². The Labute approximate surface area is 53.9 Å². The fraction of sp³-hybridized carbons (Fsp3) is 0. The first-order valence-electron chi connectivity index (χ1n) is 1.39. The molecule has 0 aromatic rings. The zero-order valence-corrected chi connectivity index (χ0v) is 5.25. The molecule has 0 aromatic carbocycles. The Hall–Kier alpha value is 0.790. The summed E-state index contributed by atoms with van der Waals surface area (Å²) < 4.78 is 4.46. The van der Waals surface area contributed by atoms with Crippen molar-refractivity contribution in [3.8, 4) is 0 Å². The number of hydrogen-bond donors (Lipinski definition) is 0. The van der Waals surface area contributed by atoms with Gasteiger partial charge in [-0.3, -0.25) is 0 Å². The zero-order chi connectivity index (χ0) is 4.83. The molecule has 0 rings (SSSR count). The van der Waals surface area contributed by atoms with E-state index in [1.165, 1.54) is 13.7 Å². The van der Waals surface area contributed by atoms with E-state index < -0.39 is 0 Å². The maximum atomic E-state index is 4.92. The summed E-state index contributed by atoms with van der Waals surface area (Å²) in [6.07, 6.45) is 0. The third-order valence-electron chi connectivity index (χ3n) is 0.241. The van der Waals surface area contributed by atoms with Crippen molar-refractivity contribution in [2.75, 3.05) is 0 Å². The van der Waals surface area contributed by atoms with Gasteiger partial charge < -0.3 is 0 Å². The van der Waals surface area contributed by atoms with Gasteiger partial charge in [-0.05, 0) is 0 Å². The summed E-state index contributed by atoms with van der Waals surface area (Å²) in [5.41, 5.74) is 0. The maximum absolute atomic E-state index is 4.92. The second-order valence-corrected chi connectivity index (χ2v) is 1.12. The molecule has 0 unspecified atom stereocenters. The Kier molecular flexibility index (Phi) is 6.55. The molecule has 1 radical (unpaired) electrons. The average Bonchev–Trinajstić information content (AvgIpc) is 1.61. The van der Waals surface area contributed by atoms with Crippen LogP contribution in [0.4, 0.5) is 0 Å². The fourth-order valence-corrected chi connectivity index (χ4v) is 0.245. The van der Waals surface area contributed by atoms with Crippen molar-refractivity contribution in [2.45, 2.75) is 0 Å². The van der Waals surface area contributed by atoms with Crippen LogP contribution in [0.25, 0.3) is 0 Å². The van der Waals surface area contributed by atoms with Crippen LogP contribution in [0.5, 0.6) is 0 Å². The molecular weight excluding hydrogens is 186 g/mol. The Balaban J connectivity index is 2.94. The van der Waals surface area contributed by atoms with Crippen LogP contribution in [0, 0.1) is 0 Å². The predicted octanol–water partition coefficient (Wildman–Crippen LogP) is -0.706. The first-order valence-corrected chi connectivity index (χ1v) is 2.27. The van der Waals surface area contributed by atoms with Crippen molar-refractivity contribution in [1.29, 1.82) is 0 Å². The van der Waals surface area contributed by atoms with Crippen LogP contribution in [0.1, 0.15) is 0 Å². The first kappa shape index (κ1) is 6.79. The van der Waals surface area contributed by atoms with Crippen molar-refractivity contribution < 1.29 is 2.98 Å². The normalized spacial score (nSPS) is 5.33. The van der Waals surface area contributed by atoms with Gasteiger partial charge in [0.25, 0.3) is 0 Å². The van der Waals surface area contributed by atoms with Gasteiger partial charge in [-0.1, -0.05) is 0 Å². The minimum atomic E-state index is 1.40. The van der Waals surface area contributed by atoms with Gasteiger partial charge in [0.15, 0.2) is 0 Å². The van der Waals surface area contributed by atoms with Gasteiger partial charge in [0.1, 0.15) is 0 Å². The second-order valence-electron chi connectivity index (χ2n) is 0.610. The first-order chi connectivity index (χ1) is 2.91. The Bertz CT molecular complexity index is 58.6. The van der Waals surface area contributed by atoms with Crippen molar-refractivity contribution >= 4 is 50.8 Å². The number of hydrogen-bond acceptors (Lipinski definition) is 1. The molecule has 6 heteroatoms. The van der Waals surface area contributed by atoms with Gasteiger partial charge in [0.05, 0.1) is 0 Å². The molecule has 0 saturated carbocycles. The van der Waals surface area contributed by atoms with E-state index in [4.69, 9.17) is 7.37 Å². The third kappa shape index (κ3) is 4.79. The summed E-state index contributed by atoms with van der Waals surface area (Å²) >= 11 is 1.75. The van der Waals surface area contributed by atoms with E-state index in [1.807, 2.05) is 0 Å². The summed E-state index contributed by atoms with van der Waals surface area (Å²) in [5.74, 6) is 0. The monoisotopic (exact) mass is 187 g/mol. The topological polar surface area (TPSA) is 9.23 Å². The number of rotatable bonds is 2. The number of halogens is 1. The van der Waals surface area contributed by atoms with Crippen LogP contribution >= 0.6 is 23.0 Å². The van der Waals surface area contributed by atoms with Crippen LogP contribution in [-0.2, 0) is 2.98 Å². The average molecular weight is 186 g/mol. The van der Waals surface area contributed by atoms with E-state index in [2.05, 4.69) is 2.98 Å². The molecule has 0 fully saturated rings. The van der Waals surface area contributed by atoms with Crippen LogP contribution in [0.2, 0.25) is 0 Å². The Morgan fingerprint density at radius 3 is 2.50 bits per heavy atom. The molecule has 0 atom stereocenters. The van der Waals surface area contributed by atoms with E-state index in [1.54, 1.807) is 29.7 Å². The summed E-state index contributed by atoms with van der Waals surface area (Å²) in [4.78, 5) is 0. The molecule has 6 heavy (non-hydrogen) atoms. The second kappa shape index (κ2) is 5.79. The van der Waals surface area contributed by atoms with Gasteiger partial charge in [-0.15, -0.1) is 0 Å². The van der Waals surface area contributed by atoms with E-state index in [0.29, 0.717) is 0 Å². The van der Waals surface area contributed by atoms with Gasteiger partial charge in [0.2, 0.25) is 0 Å². The zero-order valence-electron chi connectivity index (χ0n) is 3.10. The Morgan fingerprint density at radius 2 is 2.33 bits per heavy atom. The molecule has 0 spiro atoms. The molecule has 0 heterocycles. The van der Waals surface area contributed by atoms with E-state index in [9.17, 15) is 0 Å². The summed E-state index contributed by atoms with van der Waals surface area (Å²) in [6.45, 7) is 3.01. The summed E-state index contributed by atoms with van der Waals surface area (Å²) in [6, 6.07) is 0. The summed E-state index contributed by atoms with van der Waals surface area (Å²) in [5, 5.41) is 0. The predicted molar refractivity (Wildman–Crippen MR) is 38.1 cm³/mol. The van der Waals surface area contributed by atoms with Crippen LogP contribution in [-0.4, -0.2) is 27.8 Å². The molecule has 0 N–H and O–H groups in total. The minimum absolute atomic E-state index is 1.40. The molecule has 0 aliphatic carbocycles. The van der Waals surface area contributed by atoms with Crippen molar-refractivity contribution in [3.05, 3.63) is 0 Å². The van der Waals surface area contributed by atoms with Crippen molar-refractivity contribution in [1.82, 2.24) is 0 Å². The van der Waals surface area contributed by atoms with Crippen molar-refractivity contribution in [2.24, 2.45) is 0 Å².